The van der Waals surface area contributed by atoms with Crippen LogP contribution in [-0.2, 0) is 11.2 Å². The van der Waals surface area contributed by atoms with Crippen LogP contribution < -0.4 is 15.2 Å². The van der Waals surface area contributed by atoms with Crippen molar-refractivity contribution < 1.29 is 19.4 Å². The largest absolute Gasteiger partial charge is 0.493 e. The predicted octanol–water partition coefficient (Wildman–Crippen LogP) is 0.801. The molecular formula is C12H15NO4. The summed E-state index contributed by atoms with van der Waals surface area (Å²) in [5.74, 6) is 0.378. The van der Waals surface area contributed by atoms with Gasteiger partial charge in [0.2, 0.25) is 0 Å². The van der Waals surface area contributed by atoms with Gasteiger partial charge in [-0.3, -0.25) is 4.79 Å². The van der Waals surface area contributed by atoms with Crippen molar-refractivity contribution >= 4 is 5.97 Å². The van der Waals surface area contributed by atoms with Gasteiger partial charge in [-0.1, -0.05) is 12.1 Å². The van der Waals surface area contributed by atoms with E-state index in [1.54, 1.807) is 7.11 Å². The molecule has 1 aliphatic heterocycles. The summed E-state index contributed by atoms with van der Waals surface area (Å²) < 4.78 is 10.9. The molecule has 2 rings (SSSR count). The van der Waals surface area contributed by atoms with Crippen molar-refractivity contribution in [1.29, 1.82) is 0 Å². The number of benzene rings is 1. The molecule has 0 bridgehead atoms. The molecule has 0 spiro atoms. The van der Waals surface area contributed by atoms with Gasteiger partial charge in [-0.25, -0.2) is 0 Å². The molecule has 1 heterocycles. The molecule has 92 valence electrons. The first kappa shape index (κ1) is 11.7. The number of hydrogen-bond donors (Lipinski definition) is 2. The topological polar surface area (TPSA) is 81.8 Å². The fraction of sp³-hybridized carbons (Fsp3) is 0.417. The minimum atomic E-state index is -1.00. The summed E-state index contributed by atoms with van der Waals surface area (Å²) in [6.45, 7) is 0. The van der Waals surface area contributed by atoms with Gasteiger partial charge >= 0.3 is 5.97 Å². The summed E-state index contributed by atoms with van der Waals surface area (Å²) in [5, 5.41) is 8.75. The standard InChI is InChI=1S/C12H15NO4/c1-16-10-4-2-3-7-5-8(17-11(7)10)6-9(13)12(14)15/h2-4,8-9H,5-6,13H2,1H3,(H,14,15). The molecule has 0 aliphatic carbocycles. The van der Waals surface area contributed by atoms with E-state index in [4.69, 9.17) is 20.3 Å². The molecule has 3 N–H and O–H groups in total. The van der Waals surface area contributed by atoms with Crippen molar-refractivity contribution in [2.24, 2.45) is 5.73 Å². The van der Waals surface area contributed by atoms with Crippen LogP contribution in [0.4, 0.5) is 0 Å². The third-order valence-electron chi connectivity index (χ3n) is 2.85. The van der Waals surface area contributed by atoms with Crippen molar-refractivity contribution in [2.75, 3.05) is 7.11 Å². The van der Waals surface area contributed by atoms with Crippen LogP contribution in [0.2, 0.25) is 0 Å². The third kappa shape index (κ3) is 2.34. The monoisotopic (exact) mass is 237 g/mol. The lowest BCUT2D eigenvalue weighted by atomic mass is 10.0. The van der Waals surface area contributed by atoms with Gasteiger partial charge in [0.25, 0.3) is 0 Å². The highest BCUT2D eigenvalue weighted by Crippen LogP contribution is 2.38. The van der Waals surface area contributed by atoms with Gasteiger partial charge < -0.3 is 20.3 Å². The summed E-state index contributed by atoms with van der Waals surface area (Å²) in [6.07, 6.45) is 0.785. The summed E-state index contributed by atoms with van der Waals surface area (Å²) >= 11 is 0. The lowest BCUT2D eigenvalue weighted by Gasteiger charge is -2.14. The molecule has 2 unspecified atom stereocenters. The van der Waals surface area contributed by atoms with Gasteiger partial charge in [0.15, 0.2) is 11.5 Å². The van der Waals surface area contributed by atoms with Crippen LogP contribution in [0.5, 0.6) is 11.5 Å². The van der Waals surface area contributed by atoms with Gasteiger partial charge in [0.1, 0.15) is 12.1 Å². The second-order valence-electron chi connectivity index (χ2n) is 4.07. The van der Waals surface area contributed by atoms with Crippen molar-refractivity contribution in [1.82, 2.24) is 0 Å². The lowest BCUT2D eigenvalue weighted by molar-refractivity contribution is -0.139. The number of nitrogens with two attached hydrogens (primary N) is 1. The molecule has 2 atom stereocenters. The van der Waals surface area contributed by atoms with Gasteiger partial charge in [-0.2, -0.15) is 0 Å². The summed E-state index contributed by atoms with van der Waals surface area (Å²) in [7, 11) is 1.58. The molecule has 1 aromatic carbocycles. The quantitative estimate of drug-likeness (QED) is 0.809. The zero-order chi connectivity index (χ0) is 12.4. The fourth-order valence-corrected chi connectivity index (χ4v) is 1.99. The molecule has 0 saturated carbocycles. The Hall–Kier alpha value is -1.75. The lowest BCUT2D eigenvalue weighted by Crippen LogP contribution is -2.35. The van der Waals surface area contributed by atoms with Gasteiger partial charge in [0.05, 0.1) is 7.11 Å². The molecule has 0 saturated heterocycles. The van der Waals surface area contributed by atoms with Crippen molar-refractivity contribution in [3.05, 3.63) is 23.8 Å². The highest BCUT2D eigenvalue weighted by molar-refractivity contribution is 5.73. The van der Waals surface area contributed by atoms with E-state index in [1.807, 2.05) is 18.2 Å². The molecule has 1 aromatic rings. The highest BCUT2D eigenvalue weighted by Gasteiger charge is 2.29. The minimum absolute atomic E-state index is 0.188. The second-order valence-corrected chi connectivity index (χ2v) is 4.07. The minimum Gasteiger partial charge on any atom is -0.493 e. The normalized spacial score (nSPS) is 19.3. The number of aliphatic carboxylic acids is 1. The maximum absolute atomic E-state index is 10.7. The van der Waals surface area contributed by atoms with E-state index >= 15 is 0 Å². The molecule has 0 fully saturated rings. The van der Waals surface area contributed by atoms with Crippen LogP contribution in [0.15, 0.2) is 18.2 Å². The van der Waals surface area contributed by atoms with Crippen LogP contribution in [0, 0.1) is 0 Å². The summed E-state index contributed by atoms with van der Waals surface area (Å²) in [5.41, 5.74) is 6.53. The molecular weight excluding hydrogens is 222 g/mol. The smallest absolute Gasteiger partial charge is 0.320 e. The number of para-hydroxylation sites is 1. The van der Waals surface area contributed by atoms with Crippen LogP contribution in [0.1, 0.15) is 12.0 Å². The maximum Gasteiger partial charge on any atom is 0.320 e. The molecule has 5 nitrogen and oxygen atoms in total. The Balaban J connectivity index is 2.08. The number of fused-ring (bicyclic) bond motifs is 1. The molecule has 0 radical (unpaired) electrons. The third-order valence-corrected chi connectivity index (χ3v) is 2.85. The molecule has 5 heteroatoms. The van der Waals surface area contributed by atoms with Crippen molar-refractivity contribution in [3.8, 4) is 11.5 Å². The summed E-state index contributed by atoms with van der Waals surface area (Å²) in [4.78, 5) is 10.7. The van der Waals surface area contributed by atoms with Crippen molar-refractivity contribution in [2.45, 2.75) is 25.0 Å². The van der Waals surface area contributed by atoms with E-state index < -0.39 is 12.0 Å². The zero-order valence-electron chi connectivity index (χ0n) is 9.55. The second kappa shape index (κ2) is 4.63. The first-order valence-electron chi connectivity index (χ1n) is 5.42. The number of rotatable bonds is 4. The Morgan fingerprint density at radius 2 is 2.47 bits per heavy atom. The van der Waals surface area contributed by atoms with Crippen LogP contribution in [-0.4, -0.2) is 30.3 Å². The Morgan fingerprint density at radius 3 is 3.12 bits per heavy atom. The first-order valence-corrected chi connectivity index (χ1v) is 5.42. The Labute approximate surface area is 99.1 Å². The SMILES string of the molecule is COc1cccc2c1OC(CC(N)C(=O)O)C2. The number of carbonyl (C=O) groups is 1. The first-order chi connectivity index (χ1) is 8.11. The Kier molecular flexibility index (Phi) is 3.19. The average Bonchev–Trinajstić information content (AvgIpc) is 2.70. The maximum atomic E-state index is 10.7. The number of carboxylic acid groups (broad SMARTS) is 1. The van der Waals surface area contributed by atoms with E-state index in [2.05, 4.69) is 0 Å². The van der Waals surface area contributed by atoms with Gasteiger partial charge in [-0.15, -0.1) is 0 Å². The van der Waals surface area contributed by atoms with Gasteiger partial charge in [-0.05, 0) is 6.07 Å². The van der Waals surface area contributed by atoms with Crippen LogP contribution in [0.25, 0.3) is 0 Å². The van der Waals surface area contributed by atoms with E-state index in [1.165, 1.54) is 0 Å². The number of carboxylic acids is 1. The summed E-state index contributed by atoms with van der Waals surface area (Å²) in [6, 6.07) is 4.77. The molecule has 17 heavy (non-hydrogen) atoms. The number of hydrogen-bond acceptors (Lipinski definition) is 4. The highest BCUT2D eigenvalue weighted by atomic mass is 16.5. The van der Waals surface area contributed by atoms with Crippen molar-refractivity contribution in [3.63, 3.8) is 0 Å². The van der Waals surface area contributed by atoms with Gasteiger partial charge in [0, 0.05) is 18.4 Å². The van der Waals surface area contributed by atoms with E-state index in [0.29, 0.717) is 24.3 Å². The van der Waals surface area contributed by atoms with Crippen LogP contribution in [0.3, 0.4) is 0 Å². The van der Waals surface area contributed by atoms with Crippen LogP contribution >= 0.6 is 0 Å². The van der Waals surface area contributed by atoms with E-state index in [0.717, 1.165) is 5.56 Å². The average molecular weight is 237 g/mol. The van der Waals surface area contributed by atoms with E-state index in [-0.39, 0.29) is 6.10 Å². The molecule has 0 aromatic heterocycles. The Bertz CT molecular complexity index is 433. The molecule has 0 amide bonds. The fourth-order valence-electron chi connectivity index (χ4n) is 1.99. The number of ether oxygens (including phenoxy) is 2. The number of methoxy groups -OCH3 is 1. The Morgan fingerprint density at radius 1 is 1.71 bits per heavy atom. The predicted molar refractivity (Wildman–Crippen MR) is 61.3 cm³/mol. The zero-order valence-corrected chi connectivity index (χ0v) is 9.55. The molecule has 1 aliphatic rings. The van der Waals surface area contributed by atoms with E-state index in [9.17, 15) is 4.79 Å².